The first-order chi connectivity index (χ1) is 11.3. The number of hydrogen-bond donors (Lipinski definition) is 1. The number of sulfonamides is 1. The lowest BCUT2D eigenvalue weighted by atomic mass is 10.2. The number of hydrogen-bond acceptors (Lipinski definition) is 3. The summed E-state index contributed by atoms with van der Waals surface area (Å²) >= 11 is 3.35. The van der Waals surface area contributed by atoms with Gasteiger partial charge < -0.3 is 5.32 Å². The minimum absolute atomic E-state index is 0.177. The summed E-state index contributed by atoms with van der Waals surface area (Å²) in [6.45, 7) is 0. The van der Waals surface area contributed by atoms with E-state index < -0.39 is 10.0 Å². The third-order valence-corrected chi connectivity index (χ3v) is 5.56. The summed E-state index contributed by atoms with van der Waals surface area (Å²) in [5, 5.41) is 2.69. The second-order valence-electron chi connectivity index (χ2n) is 5.19. The van der Waals surface area contributed by atoms with Crippen molar-refractivity contribution in [1.82, 2.24) is 4.31 Å². The molecule has 0 radical (unpaired) electrons. The van der Waals surface area contributed by atoms with Gasteiger partial charge in [-0.05, 0) is 48.0 Å². The van der Waals surface area contributed by atoms with Crippen LogP contribution in [0.2, 0.25) is 0 Å². The molecule has 2 rings (SSSR count). The summed E-state index contributed by atoms with van der Waals surface area (Å²) in [6, 6.07) is 13.6. The lowest BCUT2D eigenvalue weighted by Gasteiger charge is -2.11. The van der Waals surface area contributed by atoms with E-state index in [4.69, 9.17) is 0 Å². The third-order valence-electron chi connectivity index (χ3n) is 3.20. The van der Waals surface area contributed by atoms with Gasteiger partial charge in [-0.25, -0.2) is 12.7 Å². The molecule has 5 nitrogen and oxygen atoms in total. The first-order valence-electron chi connectivity index (χ1n) is 7.06. The van der Waals surface area contributed by atoms with Crippen molar-refractivity contribution in [2.24, 2.45) is 0 Å². The number of nitrogens with one attached hydrogen (secondary N) is 1. The Bertz CT molecular complexity index is 842. The van der Waals surface area contributed by atoms with Crippen LogP contribution in [0.4, 0.5) is 5.69 Å². The van der Waals surface area contributed by atoms with Crippen LogP contribution >= 0.6 is 15.9 Å². The molecule has 0 aliphatic heterocycles. The highest BCUT2D eigenvalue weighted by Gasteiger charge is 2.16. The van der Waals surface area contributed by atoms with Gasteiger partial charge >= 0.3 is 0 Å². The van der Waals surface area contributed by atoms with Crippen LogP contribution < -0.4 is 5.32 Å². The summed E-state index contributed by atoms with van der Waals surface area (Å²) in [7, 11) is -0.529. The Kier molecular flexibility index (Phi) is 5.93. The van der Waals surface area contributed by atoms with Gasteiger partial charge in [-0.2, -0.15) is 0 Å². The largest absolute Gasteiger partial charge is 0.323 e. The molecule has 2 aromatic rings. The van der Waals surface area contributed by atoms with Gasteiger partial charge in [-0.1, -0.05) is 28.1 Å². The van der Waals surface area contributed by atoms with Crippen LogP contribution in [0, 0.1) is 0 Å². The van der Waals surface area contributed by atoms with Gasteiger partial charge in [-0.3, -0.25) is 4.79 Å². The summed E-state index contributed by atoms with van der Waals surface area (Å²) in [5.41, 5.74) is 1.43. The maximum absolute atomic E-state index is 12.0. The minimum Gasteiger partial charge on any atom is -0.323 e. The van der Waals surface area contributed by atoms with Crippen molar-refractivity contribution in [3.63, 3.8) is 0 Å². The van der Waals surface area contributed by atoms with Crippen molar-refractivity contribution < 1.29 is 13.2 Å². The van der Waals surface area contributed by atoms with E-state index in [2.05, 4.69) is 21.2 Å². The fourth-order valence-electron chi connectivity index (χ4n) is 1.85. The quantitative estimate of drug-likeness (QED) is 0.771. The second-order valence-corrected chi connectivity index (χ2v) is 8.25. The Labute approximate surface area is 150 Å². The molecule has 24 heavy (non-hydrogen) atoms. The van der Waals surface area contributed by atoms with E-state index in [1.807, 2.05) is 24.3 Å². The van der Waals surface area contributed by atoms with Crippen molar-refractivity contribution in [3.05, 3.63) is 64.6 Å². The van der Waals surface area contributed by atoms with Crippen molar-refractivity contribution in [1.29, 1.82) is 0 Å². The van der Waals surface area contributed by atoms with E-state index in [1.165, 1.54) is 32.3 Å². The number of anilines is 1. The number of carbonyl (C=O) groups excluding carboxylic acids is 1. The summed E-state index contributed by atoms with van der Waals surface area (Å²) < 4.78 is 26.1. The van der Waals surface area contributed by atoms with E-state index in [0.29, 0.717) is 5.69 Å². The lowest BCUT2D eigenvalue weighted by molar-refractivity contribution is -0.111. The maximum atomic E-state index is 12.0. The Morgan fingerprint density at radius 1 is 1.04 bits per heavy atom. The van der Waals surface area contributed by atoms with Crippen LogP contribution in [0.3, 0.4) is 0 Å². The minimum atomic E-state index is -3.47. The molecule has 2 aromatic carbocycles. The van der Waals surface area contributed by atoms with Crippen LogP contribution in [0.25, 0.3) is 6.08 Å². The second kappa shape index (κ2) is 7.74. The van der Waals surface area contributed by atoms with Crippen LogP contribution in [-0.2, 0) is 14.8 Å². The average Bonchev–Trinajstić information content (AvgIpc) is 2.54. The number of benzene rings is 2. The highest BCUT2D eigenvalue weighted by atomic mass is 79.9. The molecule has 0 aliphatic carbocycles. The van der Waals surface area contributed by atoms with Gasteiger partial charge in [0.15, 0.2) is 0 Å². The Morgan fingerprint density at radius 2 is 1.62 bits per heavy atom. The maximum Gasteiger partial charge on any atom is 0.248 e. The number of carbonyl (C=O) groups is 1. The van der Waals surface area contributed by atoms with Crippen molar-refractivity contribution >= 4 is 43.6 Å². The summed E-state index contributed by atoms with van der Waals surface area (Å²) in [5.74, 6) is -0.291. The normalized spacial score (nSPS) is 11.8. The number of rotatable bonds is 5. The third kappa shape index (κ3) is 4.77. The van der Waals surface area contributed by atoms with Gasteiger partial charge in [0.2, 0.25) is 15.9 Å². The van der Waals surface area contributed by atoms with Crippen molar-refractivity contribution in [2.45, 2.75) is 4.90 Å². The Morgan fingerprint density at radius 3 is 2.17 bits per heavy atom. The molecule has 0 bridgehead atoms. The van der Waals surface area contributed by atoms with Crippen molar-refractivity contribution in [3.8, 4) is 0 Å². The smallest absolute Gasteiger partial charge is 0.248 e. The van der Waals surface area contributed by atoms with E-state index >= 15 is 0 Å². The number of nitrogens with zero attached hydrogens (tertiary/aromatic N) is 1. The average molecular weight is 409 g/mol. The molecule has 0 aromatic heterocycles. The summed E-state index contributed by atoms with van der Waals surface area (Å²) in [6.07, 6.45) is 3.13. The predicted molar refractivity (Wildman–Crippen MR) is 99.1 cm³/mol. The predicted octanol–water partition coefficient (Wildman–Crippen LogP) is 3.35. The number of halogens is 1. The Balaban J connectivity index is 2.03. The zero-order valence-corrected chi connectivity index (χ0v) is 15.6. The molecule has 0 saturated heterocycles. The van der Waals surface area contributed by atoms with E-state index in [9.17, 15) is 13.2 Å². The molecule has 126 valence electrons. The summed E-state index contributed by atoms with van der Waals surface area (Å²) in [4.78, 5) is 12.1. The molecular weight excluding hydrogens is 392 g/mol. The SMILES string of the molecule is CN(C)S(=O)(=O)c1ccc(NC(=O)/C=C/c2ccc(Br)cc2)cc1. The van der Waals surface area contributed by atoms with Crippen LogP contribution in [0.5, 0.6) is 0 Å². The van der Waals surface area contributed by atoms with Gasteiger partial charge in [0, 0.05) is 30.3 Å². The molecule has 1 amide bonds. The van der Waals surface area contributed by atoms with Gasteiger partial charge in [-0.15, -0.1) is 0 Å². The first kappa shape index (κ1) is 18.4. The standard InChI is InChI=1S/C17H17BrN2O3S/c1-20(2)24(22,23)16-10-8-15(9-11-16)19-17(21)12-5-13-3-6-14(18)7-4-13/h3-12H,1-2H3,(H,19,21)/b12-5+. The lowest BCUT2D eigenvalue weighted by Crippen LogP contribution is -2.22. The fraction of sp³-hybridized carbons (Fsp3) is 0.118. The molecule has 0 spiro atoms. The molecule has 0 unspecified atom stereocenters. The highest BCUT2D eigenvalue weighted by molar-refractivity contribution is 9.10. The zero-order chi connectivity index (χ0) is 17.7. The molecule has 0 atom stereocenters. The van der Waals surface area contributed by atoms with Gasteiger partial charge in [0.1, 0.15) is 0 Å². The van der Waals surface area contributed by atoms with E-state index in [-0.39, 0.29) is 10.8 Å². The topological polar surface area (TPSA) is 66.5 Å². The Hall–Kier alpha value is -1.96. The molecule has 0 heterocycles. The zero-order valence-electron chi connectivity index (χ0n) is 13.2. The van der Waals surface area contributed by atoms with Crippen LogP contribution in [0.1, 0.15) is 5.56 Å². The van der Waals surface area contributed by atoms with Crippen LogP contribution in [-0.4, -0.2) is 32.7 Å². The molecular formula is C17H17BrN2O3S. The fourth-order valence-corrected chi connectivity index (χ4v) is 3.02. The molecule has 0 fully saturated rings. The monoisotopic (exact) mass is 408 g/mol. The van der Waals surface area contributed by atoms with Crippen molar-refractivity contribution in [2.75, 3.05) is 19.4 Å². The van der Waals surface area contributed by atoms with Crippen LogP contribution in [0.15, 0.2) is 64.0 Å². The van der Waals surface area contributed by atoms with E-state index in [1.54, 1.807) is 18.2 Å². The first-order valence-corrected chi connectivity index (χ1v) is 9.29. The van der Waals surface area contributed by atoms with E-state index in [0.717, 1.165) is 14.3 Å². The highest BCUT2D eigenvalue weighted by Crippen LogP contribution is 2.17. The van der Waals surface area contributed by atoms with Gasteiger partial charge in [0.05, 0.1) is 4.90 Å². The molecule has 1 N–H and O–H groups in total. The molecule has 7 heteroatoms. The molecule has 0 saturated carbocycles. The van der Waals surface area contributed by atoms with Gasteiger partial charge in [0.25, 0.3) is 0 Å². The number of amides is 1. The molecule has 0 aliphatic rings.